The molecule has 21 heavy (non-hydrogen) atoms. The number of nitrogens with zero attached hydrogens (tertiary/aromatic N) is 3. The molecule has 0 fully saturated rings. The van der Waals surface area contributed by atoms with Crippen LogP contribution in [0.2, 0.25) is 0 Å². The smallest absolute Gasteiger partial charge is 0.322 e. The Morgan fingerprint density at radius 3 is 3.14 bits per heavy atom. The summed E-state index contributed by atoms with van der Waals surface area (Å²) in [4.78, 5) is 20.2. The second-order valence-corrected chi connectivity index (χ2v) is 5.40. The van der Waals surface area contributed by atoms with Crippen LogP contribution in [0.5, 0.6) is 0 Å². The molecule has 3 rings (SSSR count). The average molecular weight is 289 g/mol. The molecule has 2 amide bonds. The Hall–Kier alpha value is -2.31. The van der Waals surface area contributed by atoms with E-state index in [4.69, 9.17) is 4.42 Å². The highest BCUT2D eigenvalue weighted by molar-refractivity contribution is 5.86. The zero-order valence-corrected chi connectivity index (χ0v) is 12.2. The van der Waals surface area contributed by atoms with Crippen LogP contribution in [0.4, 0.5) is 10.8 Å². The fourth-order valence-corrected chi connectivity index (χ4v) is 2.51. The Labute approximate surface area is 122 Å². The molecule has 0 aromatic carbocycles. The van der Waals surface area contributed by atoms with Crippen molar-refractivity contribution in [2.24, 2.45) is 5.92 Å². The number of aromatic nitrogens is 3. The minimum Gasteiger partial charge on any atom is -0.428 e. The van der Waals surface area contributed by atoms with E-state index in [1.807, 2.05) is 26.2 Å². The first kappa shape index (κ1) is 13.7. The summed E-state index contributed by atoms with van der Waals surface area (Å²) in [6.07, 6.45) is 5.80. The van der Waals surface area contributed by atoms with Gasteiger partial charge in [0, 0.05) is 31.9 Å². The lowest BCUT2D eigenvalue weighted by Gasteiger charge is -2.23. The predicted molar refractivity (Wildman–Crippen MR) is 77.0 cm³/mol. The van der Waals surface area contributed by atoms with Crippen molar-refractivity contribution in [3.05, 3.63) is 29.7 Å². The van der Waals surface area contributed by atoms with Gasteiger partial charge in [-0.2, -0.15) is 4.98 Å². The number of carbonyl (C=O) groups excluding carboxylic acids is 1. The Bertz CT molecular complexity index is 626. The minimum atomic E-state index is -0.285. The van der Waals surface area contributed by atoms with Crippen molar-refractivity contribution in [1.82, 2.24) is 19.9 Å². The molecule has 2 N–H and O–H groups in total. The Balaban J connectivity index is 1.48. The summed E-state index contributed by atoms with van der Waals surface area (Å²) < 4.78 is 7.46. The second-order valence-electron chi connectivity index (χ2n) is 5.40. The summed E-state index contributed by atoms with van der Waals surface area (Å²) in [5.74, 6) is 2.26. The van der Waals surface area contributed by atoms with Gasteiger partial charge < -0.3 is 14.3 Å². The van der Waals surface area contributed by atoms with Crippen molar-refractivity contribution >= 4 is 12.0 Å². The lowest BCUT2D eigenvalue weighted by Crippen LogP contribution is -2.36. The molecule has 0 radical (unpaired) electrons. The lowest BCUT2D eigenvalue weighted by atomic mass is 9.99. The molecule has 0 saturated carbocycles. The van der Waals surface area contributed by atoms with Crippen LogP contribution >= 0.6 is 0 Å². The molecule has 3 heterocycles. The van der Waals surface area contributed by atoms with Gasteiger partial charge in [0.1, 0.15) is 11.6 Å². The van der Waals surface area contributed by atoms with Crippen molar-refractivity contribution in [3.8, 4) is 0 Å². The Kier molecular flexibility index (Phi) is 3.64. The molecule has 0 spiro atoms. The van der Waals surface area contributed by atoms with Gasteiger partial charge >= 0.3 is 12.0 Å². The SMILES string of the molecule is Cc1nc(NC(=O)NC[C@H]2CCc3nccn3C2)oc1C. The number of carbonyl (C=O) groups is 1. The number of fused-ring (bicyclic) bond motifs is 1. The second kappa shape index (κ2) is 5.59. The normalized spacial score (nSPS) is 17.3. The Morgan fingerprint density at radius 2 is 2.38 bits per heavy atom. The van der Waals surface area contributed by atoms with E-state index in [1.165, 1.54) is 0 Å². The van der Waals surface area contributed by atoms with Crippen LogP contribution in [-0.4, -0.2) is 27.1 Å². The van der Waals surface area contributed by atoms with E-state index >= 15 is 0 Å². The van der Waals surface area contributed by atoms with E-state index in [2.05, 4.69) is 25.2 Å². The van der Waals surface area contributed by atoms with Gasteiger partial charge in [-0.05, 0) is 26.2 Å². The van der Waals surface area contributed by atoms with Gasteiger partial charge in [0.25, 0.3) is 0 Å². The van der Waals surface area contributed by atoms with Crippen molar-refractivity contribution in [2.45, 2.75) is 33.2 Å². The number of rotatable bonds is 3. The van der Waals surface area contributed by atoms with E-state index in [9.17, 15) is 4.79 Å². The van der Waals surface area contributed by atoms with Crippen LogP contribution in [0.15, 0.2) is 16.8 Å². The maximum absolute atomic E-state index is 11.8. The van der Waals surface area contributed by atoms with Crippen LogP contribution in [-0.2, 0) is 13.0 Å². The van der Waals surface area contributed by atoms with E-state index in [-0.39, 0.29) is 12.0 Å². The highest BCUT2D eigenvalue weighted by Crippen LogP contribution is 2.18. The standard InChI is InChI=1S/C14H19N5O2/c1-9-10(2)21-14(17-9)18-13(20)16-7-11-3-4-12-15-5-6-19(12)8-11/h5-6,11H,3-4,7-8H2,1-2H3,(H2,16,17,18,20)/t11-/m1/s1. The number of nitrogens with one attached hydrogen (secondary N) is 2. The minimum absolute atomic E-state index is 0.239. The van der Waals surface area contributed by atoms with Crippen LogP contribution < -0.4 is 10.6 Å². The molecular formula is C14H19N5O2. The molecule has 112 valence electrons. The summed E-state index contributed by atoms with van der Waals surface area (Å²) in [7, 11) is 0. The predicted octanol–water partition coefficient (Wildman–Crippen LogP) is 1.87. The maximum Gasteiger partial charge on any atom is 0.322 e. The average Bonchev–Trinajstić information content (AvgIpc) is 3.03. The fraction of sp³-hybridized carbons (Fsp3) is 0.500. The quantitative estimate of drug-likeness (QED) is 0.903. The number of urea groups is 1. The number of oxazole rings is 1. The Morgan fingerprint density at radius 1 is 1.52 bits per heavy atom. The van der Waals surface area contributed by atoms with E-state index in [0.29, 0.717) is 18.2 Å². The molecule has 1 aliphatic heterocycles. The van der Waals surface area contributed by atoms with Crippen LogP contribution in [0.3, 0.4) is 0 Å². The molecule has 0 aliphatic carbocycles. The van der Waals surface area contributed by atoms with Gasteiger partial charge in [-0.1, -0.05) is 0 Å². The number of hydrogen-bond acceptors (Lipinski definition) is 4. The van der Waals surface area contributed by atoms with Gasteiger partial charge in [-0.3, -0.25) is 5.32 Å². The van der Waals surface area contributed by atoms with Crippen molar-refractivity contribution < 1.29 is 9.21 Å². The maximum atomic E-state index is 11.8. The first-order chi connectivity index (χ1) is 10.1. The highest BCUT2D eigenvalue weighted by Gasteiger charge is 2.19. The van der Waals surface area contributed by atoms with Gasteiger partial charge in [0.15, 0.2) is 0 Å². The van der Waals surface area contributed by atoms with Gasteiger partial charge in [-0.25, -0.2) is 9.78 Å². The topological polar surface area (TPSA) is 85.0 Å². The largest absolute Gasteiger partial charge is 0.428 e. The first-order valence-corrected chi connectivity index (χ1v) is 7.10. The van der Waals surface area contributed by atoms with E-state index in [0.717, 1.165) is 30.9 Å². The lowest BCUT2D eigenvalue weighted by molar-refractivity contribution is 0.247. The van der Waals surface area contributed by atoms with Crippen molar-refractivity contribution in [3.63, 3.8) is 0 Å². The summed E-state index contributed by atoms with van der Waals surface area (Å²) >= 11 is 0. The van der Waals surface area contributed by atoms with Crippen LogP contribution in [0.25, 0.3) is 0 Å². The molecule has 2 aromatic rings. The fourth-order valence-electron chi connectivity index (χ4n) is 2.51. The zero-order valence-electron chi connectivity index (χ0n) is 12.2. The summed E-state index contributed by atoms with van der Waals surface area (Å²) in [6, 6.07) is -0.0456. The molecule has 2 aromatic heterocycles. The van der Waals surface area contributed by atoms with Crippen molar-refractivity contribution in [2.75, 3.05) is 11.9 Å². The van der Waals surface area contributed by atoms with E-state index in [1.54, 1.807) is 0 Å². The molecule has 0 unspecified atom stereocenters. The third kappa shape index (κ3) is 3.07. The first-order valence-electron chi connectivity index (χ1n) is 7.10. The zero-order chi connectivity index (χ0) is 14.8. The van der Waals surface area contributed by atoms with Crippen LogP contribution in [0, 0.1) is 19.8 Å². The molecule has 1 aliphatic rings. The monoisotopic (exact) mass is 289 g/mol. The van der Waals surface area contributed by atoms with Gasteiger partial charge in [-0.15, -0.1) is 0 Å². The number of amides is 2. The third-order valence-electron chi connectivity index (χ3n) is 3.83. The van der Waals surface area contributed by atoms with Crippen LogP contribution in [0.1, 0.15) is 23.7 Å². The molecule has 7 nitrogen and oxygen atoms in total. The van der Waals surface area contributed by atoms with Gasteiger partial charge in [0.05, 0.1) is 5.69 Å². The number of anilines is 1. The van der Waals surface area contributed by atoms with E-state index < -0.39 is 0 Å². The van der Waals surface area contributed by atoms with Crippen molar-refractivity contribution in [1.29, 1.82) is 0 Å². The molecular weight excluding hydrogens is 270 g/mol. The number of hydrogen-bond donors (Lipinski definition) is 2. The molecule has 0 bridgehead atoms. The highest BCUT2D eigenvalue weighted by atomic mass is 16.4. The third-order valence-corrected chi connectivity index (χ3v) is 3.83. The molecule has 1 atom stereocenters. The van der Waals surface area contributed by atoms with Gasteiger partial charge in [0.2, 0.25) is 0 Å². The number of imidazole rings is 1. The summed E-state index contributed by atoms with van der Waals surface area (Å²) in [6.45, 7) is 5.18. The number of aryl methyl sites for hydroxylation is 3. The summed E-state index contributed by atoms with van der Waals surface area (Å²) in [5.41, 5.74) is 0.783. The summed E-state index contributed by atoms with van der Waals surface area (Å²) in [5, 5.41) is 5.48. The molecule has 7 heteroatoms. The molecule has 0 saturated heterocycles.